The molecule has 1 aliphatic heterocycles. The Labute approximate surface area is 90.4 Å². The van der Waals surface area contributed by atoms with Gasteiger partial charge >= 0.3 is 0 Å². The molecule has 0 radical (unpaired) electrons. The molecule has 2 aliphatic rings. The first-order chi connectivity index (χ1) is 7.28. The van der Waals surface area contributed by atoms with Crippen LogP contribution in [0.3, 0.4) is 0 Å². The maximum Gasteiger partial charge on any atom is 0.220 e. The fourth-order valence-electron chi connectivity index (χ4n) is 1.55. The minimum Gasteiger partial charge on any atom is -0.304 e. The van der Waals surface area contributed by atoms with Gasteiger partial charge in [-0.05, 0) is 19.9 Å². The van der Waals surface area contributed by atoms with Crippen molar-refractivity contribution in [2.75, 3.05) is 33.2 Å². The van der Waals surface area contributed by atoms with Crippen LogP contribution in [0.25, 0.3) is 0 Å². The molecule has 4 N–H and O–H groups in total. The minimum absolute atomic E-state index is 0.482. The summed E-state index contributed by atoms with van der Waals surface area (Å²) >= 11 is 0. The summed E-state index contributed by atoms with van der Waals surface area (Å²) in [6, 6.07) is 0.482. The van der Waals surface area contributed by atoms with Crippen LogP contribution in [0.1, 0.15) is 12.8 Å². The Hall–Kier alpha value is -0.850. The van der Waals surface area contributed by atoms with E-state index in [1.54, 1.807) is 0 Å². The summed E-state index contributed by atoms with van der Waals surface area (Å²) in [4.78, 5) is 6.75. The molecule has 15 heavy (non-hydrogen) atoms. The average molecular weight is 212 g/mol. The second-order valence-electron chi connectivity index (χ2n) is 4.26. The van der Waals surface area contributed by atoms with Gasteiger partial charge in [-0.3, -0.25) is 10.9 Å². The number of nitrogens with one attached hydrogen (secondary N) is 2. The molecule has 6 heteroatoms. The number of hydrogen-bond donors (Lipinski definition) is 3. The van der Waals surface area contributed by atoms with E-state index in [1.807, 2.05) is 0 Å². The predicted octanol–water partition coefficient (Wildman–Crippen LogP) is -1.28. The van der Waals surface area contributed by atoms with E-state index in [4.69, 9.17) is 5.84 Å². The summed E-state index contributed by atoms with van der Waals surface area (Å²) in [6.07, 6.45) is 2.38. The summed E-state index contributed by atoms with van der Waals surface area (Å²) in [6.45, 7) is 4.16. The van der Waals surface area contributed by atoms with Crippen molar-refractivity contribution in [1.29, 1.82) is 0 Å². The Bertz CT molecular complexity index is 229. The van der Waals surface area contributed by atoms with Crippen LogP contribution in [0, 0.1) is 0 Å². The highest BCUT2D eigenvalue weighted by atomic mass is 15.6. The normalized spacial score (nSPS) is 25.3. The third kappa shape index (κ3) is 3.33. The van der Waals surface area contributed by atoms with Gasteiger partial charge in [-0.15, -0.1) is 0 Å². The Morgan fingerprint density at radius 1 is 1.27 bits per heavy atom. The molecule has 0 bridgehead atoms. The van der Waals surface area contributed by atoms with Gasteiger partial charge < -0.3 is 4.90 Å². The van der Waals surface area contributed by atoms with E-state index in [9.17, 15) is 0 Å². The Kier molecular flexibility index (Phi) is 3.40. The van der Waals surface area contributed by atoms with Gasteiger partial charge in [-0.2, -0.15) is 0 Å². The number of guanidine groups is 1. The molecule has 0 unspecified atom stereocenters. The average Bonchev–Trinajstić information content (AvgIpc) is 3.04. The highest BCUT2D eigenvalue weighted by molar-refractivity contribution is 5.79. The predicted molar refractivity (Wildman–Crippen MR) is 60.0 cm³/mol. The molecular formula is C9H20N6. The second kappa shape index (κ2) is 4.78. The number of likely N-dealkylation sites (N-methyl/N-ethyl adjacent to an activating group) is 1. The van der Waals surface area contributed by atoms with Crippen LogP contribution in [-0.4, -0.2) is 55.1 Å². The second-order valence-corrected chi connectivity index (χ2v) is 4.26. The van der Waals surface area contributed by atoms with Crippen molar-refractivity contribution in [2.45, 2.75) is 18.9 Å². The number of hydrogen-bond acceptors (Lipinski definition) is 4. The van der Waals surface area contributed by atoms with Crippen molar-refractivity contribution in [3.05, 3.63) is 0 Å². The quantitative estimate of drug-likeness (QED) is 0.230. The lowest BCUT2D eigenvalue weighted by Gasteiger charge is -2.33. The molecule has 1 saturated heterocycles. The van der Waals surface area contributed by atoms with Crippen molar-refractivity contribution >= 4 is 5.96 Å². The first-order valence-electron chi connectivity index (χ1n) is 5.52. The smallest absolute Gasteiger partial charge is 0.220 e. The lowest BCUT2D eigenvalue weighted by molar-refractivity contribution is 0.129. The van der Waals surface area contributed by atoms with E-state index in [1.165, 1.54) is 12.8 Å². The molecule has 0 atom stereocenters. The lowest BCUT2D eigenvalue weighted by Crippen LogP contribution is -2.56. The molecule has 2 fully saturated rings. The first kappa shape index (κ1) is 10.7. The van der Waals surface area contributed by atoms with Gasteiger partial charge in [0.2, 0.25) is 5.96 Å². The third-order valence-electron chi connectivity index (χ3n) is 2.76. The molecule has 1 heterocycles. The number of nitrogens with zero attached hydrogens (tertiary/aromatic N) is 3. The molecule has 1 aliphatic carbocycles. The zero-order valence-electron chi connectivity index (χ0n) is 9.24. The van der Waals surface area contributed by atoms with Crippen molar-refractivity contribution in [3.63, 3.8) is 0 Å². The topological polar surface area (TPSA) is 68.9 Å². The Morgan fingerprint density at radius 3 is 2.47 bits per heavy atom. The Morgan fingerprint density at radius 2 is 1.93 bits per heavy atom. The van der Waals surface area contributed by atoms with Gasteiger partial charge in [0.15, 0.2) is 0 Å². The number of piperazine rings is 1. The molecule has 86 valence electrons. The monoisotopic (exact) mass is 212 g/mol. The van der Waals surface area contributed by atoms with Crippen molar-refractivity contribution in [3.8, 4) is 0 Å². The first-order valence-corrected chi connectivity index (χ1v) is 5.52. The van der Waals surface area contributed by atoms with E-state index < -0.39 is 0 Å². The van der Waals surface area contributed by atoms with Crippen LogP contribution in [0.4, 0.5) is 0 Å². The van der Waals surface area contributed by atoms with Gasteiger partial charge in [-0.1, -0.05) is 0 Å². The summed E-state index contributed by atoms with van der Waals surface area (Å²) in [5.74, 6) is 6.11. The van der Waals surface area contributed by atoms with E-state index in [-0.39, 0.29) is 0 Å². The van der Waals surface area contributed by atoms with Crippen LogP contribution in [0.5, 0.6) is 0 Å². The van der Waals surface area contributed by atoms with E-state index in [2.05, 4.69) is 32.8 Å². The van der Waals surface area contributed by atoms with E-state index in [0.29, 0.717) is 12.0 Å². The molecule has 0 amide bonds. The molecule has 1 saturated carbocycles. The van der Waals surface area contributed by atoms with Gasteiger partial charge in [-0.25, -0.2) is 15.8 Å². The summed E-state index contributed by atoms with van der Waals surface area (Å²) in [7, 11) is 2.14. The number of rotatable bonds is 2. The molecule has 2 rings (SSSR count). The third-order valence-corrected chi connectivity index (χ3v) is 2.76. The molecule has 0 aromatic carbocycles. The van der Waals surface area contributed by atoms with E-state index >= 15 is 0 Å². The minimum atomic E-state index is 0.482. The number of nitrogens with two attached hydrogens (primary N) is 1. The molecule has 6 nitrogen and oxygen atoms in total. The van der Waals surface area contributed by atoms with Gasteiger partial charge in [0, 0.05) is 26.2 Å². The summed E-state index contributed by atoms with van der Waals surface area (Å²) in [5.41, 5.74) is 5.83. The maximum atomic E-state index is 5.41. The maximum absolute atomic E-state index is 5.41. The number of hydrazine groups is 2. The molecular weight excluding hydrogens is 192 g/mol. The summed E-state index contributed by atoms with van der Waals surface area (Å²) in [5, 5.41) is 2.15. The lowest BCUT2D eigenvalue weighted by atomic mass is 10.4. The van der Waals surface area contributed by atoms with Crippen LogP contribution < -0.4 is 16.7 Å². The van der Waals surface area contributed by atoms with E-state index in [0.717, 1.165) is 26.2 Å². The van der Waals surface area contributed by atoms with Crippen LogP contribution in [0.2, 0.25) is 0 Å². The highest BCUT2D eigenvalue weighted by Gasteiger charge is 2.22. The molecule has 0 spiro atoms. The Balaban J connectivity index is 1.78. The van der Waals surface area contributed by atoms with Crippen molar-refractivity contribution in [1.82, 2.24) is 20.8 Å². The molecule has 0 aromatic rings. The fraction of sp³-hybridized carbons (Fsp3) is 0.889. The van der Waals surface area contributed by atoms with Crippen LogP contribution in [-0.2, 0) is 0 Å². The standard InChI is InChI=1S/C9H20N6/c1-14-4-6-15(7-5-14)13-9(12-10)11-8-2-3-8/h8H,2-7,10H2,1H3,(H2,11,12,13). The van der Waals surface area contributed by atoms with Gasteiger partial charge in [0.25, 0.3) is 0 Å². The van der Waals surface area contributed by atoms with Crippen LogP contribution in [0.15, 0.2) is 4.99 Å². The van der Waals surface area contributed by atoms with Crippen molar-refractivity contribution in [2.24, 2.45) is 10.8 Å². The fourth-order valence-corrected chi connectivity index (χ4v) is 1.55. The SMILES string of the molecule is CN1CCN(NC(=NC2CC2)NN)CC1. The van der Waals surface area contributed by atoms with Gasteiger partial charge in [0.1, 0.15) is 0 Å². The largest absolute Gasteiger partial charge is 0.304 e. The summed E-state index contributed by atoms with van der Waals surface area (Å²) < 4.78 is 0. The van der Waals surface area contributed by atoms with Crippen molar-refractivity contribution < 1.29 is 0 Å². The number of aliphatic imine (C=N–C) groups is 1. The molecule has 0 aromatic heterocycles. The highest BCUT2D eigenvalue weighted by Crippen LogP contribution is 2.23. The van der Waals surface area contributed by atoms with Crippen LogP contribution >= 0.6 is 0 Å². The zero-order chi connectivity index (χ0) is 10.7. The van der Waals surface area contributed by atoms with Gasteiger partial charge in [0.05, 0.1) is 6.04 Å². The zero-order valence-corrected chi connectivity index (χ0v) is 9.24.